The van der Waals surface area contributed by atoms with Crippen LogP contribution in [-0.2, 0) is 17.9 Å². The first-order chi connectivity index (χ1) is 10.7. The van der Waals surface area contributed by atoms with E-state index in [4.69, 9.17) is 4.74 Å². The molecule has 1 aromatic carbocycles. The molecule has 1 unspecified atom stereocenters. The van der Waals surface area contributed by atoms with Gasteiger partial charge in [-0.15, -0.1) is 5.10 Å². The minimum Gasteiger partial charge on any atom is -0.365 e. The number of rotatable bonds is 3. The van der Waals surface area contributed by atoms with E-state index < -0.39 is 0 Å². The quantitative estimate of drug-likeness (QED) is 0.934. The lowest BCUT2D eigenvalue weighted by Gasteiger charge is -2.24. The zero-order valence-electron chi connectivity index (χ0n) is 11.8. The Morgan fingerprint density at radius 2 is 2.09 bits per heavy atom. The van der Waals surface area contributed by atoms with Crippen LogP contribution in [0.4, 0.5) is 4.39 Å². The van der Waals surface area contributed by atoms with Crippen LogP contribution in [0.1, 0.15) is 40.7 Å². The van der Waals surface area contributed by atoms with Crippen molar-refractivity contribution in [1.82, 2.24) is 20.3 Å². The molecule has 1 amide bonds. The topological polar surface area (TPSA) is 69.0 Å². The second-order valence-corrected chi connectivity index (χ2v) is 5.67. The van der Waals surface area contributed by atoms with Gasteiger partial charge in [-0.3, -0.25) is 4.79 Å². The lowest BCUT2D eigenvalue weighted by Crippen LogP contribution is -2.28. The summed E-state index contributed by atoms with van der Waals surface area (Å²) in [5.41, 5.74) is 1.91. The molecule has 2 heterocycles. The summed E-state index contributed by atoms with van der Waals surface area (Å²) < 4.78 is 20.5. The predicted octanol–water partition coefficient (Wildman–Crippen LogP) is 1.58. The number of aromatic nitrogens is 3. The van der Waals surface area contributed by atoms with Gasteiger partial charge < -0.3 is 10.1 Å². The normalized spacial score (nSPS) is 20.5. The molecule has 1 aromatic heterocycles. The summed E-state index contributed by atoms with van der Waals surface area (Å²) >= 11 is 0. The number of hydrogen-bond donors (Lipinski definition) is 1. The highest BCUT2D eigenvalue weighted by atomic mass is 19.1. The van der Waals surface area contributed by atoms with E-state index in [1.165, 1.54) is 12.1 Å². The Kier molecular flexibility index (Phi) is 3.15. The molecule has 22 heavy (non-hydrogen) atoms. The summed E-state index contributed by atoms with van der Waals surface area (Å²) in [6, 6.07) is 6.49. The van der Waals surface area contributed by atoms with Crippen LogP contribution in [0.3, 0.4) is 0 Å². The number of hydrogen-bond acceptors (Lipinski definition) is 4. The van der Waals surface area contributed by atoms with Crippen LogP contribution in [0, 0.1) is 5.82 Å². The van der Waals surface area contributed by atoms with Gasteiger partial charge in [-0.2, -0.15) is 0 Å². The smallest absolute Gasteiger partial charge is 0.274 e. The third-order valence-electron chi connectivity index (χ3n) is 3.97. The highest BCUT2D eigenvalue weighted by Gasteiger charge is 2.30. The van der Waals surface area contributed by atoms with Crippen LogP contribution in [-0.4, -0.2) is 26.9 Å². The number of fused-ring (bicyclic) bond motifs is 1. The second kappa shape index (κ2) is 5.17. The van der Waals surface area contributed by atoms with Crippen molar-refractivity contribution in [1.29, 1.82) is 0 Å². The average molecular weight is 302 g/mol. The number of ether oxygens (including phenoxy) is 1. The number of carbonyl (C=O) groups is 1. The maximum absolute atomic E-state index is 13.0. The molecule has 6 nitrogen and oxygen atoms in total. The average Bonchev–Trinajstić information content (AvgIpc) is 3.23. The molecule has 1 aliphatic heterocycles. The number of carbonyl (C=O) groups excluding carboxylic acids is 1. The van der Waals surface area contributed by atoms with Crippen LogP contribution in [0.15, 0.2) is 24.3 Å². The highest BCUT2D eigenvalue weighted by Crippen LogP contribution is 2.27. The van der Waals surface area contributed by atoms with E-state index in [0.717, 1.165) is 18.4 Å². The van der Waals surface area contributed by atoms with Crippen molar-refractivity contribution in [3.05, 3.63) is 47.0 Å². The molecule has 4 rings (SSSR count). The highest BCUT2D eigenvalue weighted by molar-refractivity contribution is 5.93. The molecular weight excluding hydrogens is 287 g/mol. The van der Waals surface area contributed by atoms with Crippen LogP contribution in [0.25, 0.3) is 0 Å². The fraction of sp³-hybridized carbons (Fsp3) is 0.400. The minimum atomic E-state index is -0.278. The molecule has 0 spiro atoms. The van der Waals surface area contributed by atoms with Crippen molar-refractivity contribution >= 4 is 5.91 Å². The molecule has 1 fully saturated rings. The van der Waals surface area contributed by atoms with Crippen LogP contribution >= 0.6 is 0 Å². The number of benzene rings is 1. The zero-order chi connectivity index (χ0) is 15.1. The largest absolute Gasteiger partial charge is 0.365 e. The molecule has 114 valence electrons. The number of halogens is 1. The number of nitrogens with one attached hydrogen (secondary N) is 1. The van der Waals surface area contributed by atoms with E-state index in [1.54, 1.807) is 16.8 Å². The molecule has 0 bridgehead atoms. The maximum atomic E-state index is 13.0. The molecule has 1 saturated carbocycles. The first-order valence-electron chi connectivity index (χ1n) is 7.31. The molecule has 2 aromatic rings. The summed E-state index contributed by atoms with van der Waals surface area (Å²) in [6.45, 7) is 0.729. The summed E-state index contributed by atoms with van der Waals surface area (Å²) in [6.07, 6.45) is 1.84. The van der Waals surface area contributed by atoms with Gasteiger partial charge in [0, 0.05) is 6.04 Å². The molecule has 2 aliphatic rings. The zero-order valence-corrected chi connectivity index (χ0v) is 11.8. The van der Waals surface area contributed by atoms with Crippen LogP contribution in [0.2, 0.25) is 0 Å². The van der Waals surface area contributed by atoms with Crippen molar-refractivity contribution in [3.63, 3.8) is 0 Å². The number of nitrogens with zero attached hydrogens (tertiary/aromatic N) is 3. The molecule has 1 aliphatic carbocycles. The van der Waals surface area contributed by atoms with Gasteiger partial charge >= 0.3 is 0 Å². The Bertz CT molecular complexity index is 709. The Balaban J connectivity index is 1.53. The number of amides is 1. The fourth-order valence-corrected chi connectivity index (χ4v) is 2.55. The third kappa shape index (κ3) is 2.48. The van der Waals surface area contributed by atoms with E-state index in [2.05, 4.69) is 15.6 Å². The van der Waals surface area contributed by atoms with E-state index in [1.807, 2.05) is 0 Å². The summed E-state index contributed by atoms with van der Waals surface area (Å²) in [4.78, 5) is 12.1. The first-order valence-corrected chi connectivity index (χ1v) is 7.31. The Morgan fingerprint density at radius 1 is 1.32 bits per heavy atom. The van der Waals surface area contributed by atoms with Gasteiger partial charge in [0.25, 0.3) is 5.91 Å². The van der Waals surface area contributed by atoms with Crippen LogP contribution < -0.4 is 5.32 Å². The molecule has 7 heteroatoms. The maximum Gasteiger partial charge on any atom is 0.274 e. The summed E-state index contributed by atoms with van der Waals surface area (Å²) in [5.74, 6) is -0.465. The molecule has 1 atom stereocenters. The van der Waals surface area contributed by atoms with Gasteiger partial charge in [-0.05, 0) is 30.5 Å². The van der Waals surface area contributed by atoms with Crippen molar-refractivity contribution in [2.45, 2.75) is 38.1 Å². The minimum absolute atomic E-state index is 0.187. The van der Waals surface area contributed by atoms with Crippen molar-refractivity contribution < 1.29 is 13.9 Å². The van der Waals surface area contributed by atoms with Gasteiger partial charge in [0.15, 0.2) is 5.69 Å². The van der Waals surface area contributed by atoms with Gasteiger partial charge in [0.05, 0.1) is 18.8 Å². The lowest BCUT2D eigenvalue weighted by molar-refractivity contribution is -0.00180. The molecule has 0 saturated heterocycles. The summed E-state index contributed by atoms with van der Waals surface area (Å²) in [7, 11) is 0. The van der Waals surface area contributed by atoms with E-state index >= 15 is 0 Å². The van der Waals surface area contributed by atoms with Crippen molar-refractivity contribution in [2.75, 3.05) is 0 Å². The summed E-state index contributed by atoms with van der Waals surface area (Å²) in [5, 5.41) is 10.9. The van der Waals surface area contributed by atoms with Crippen molar-refractivity contribution in [2.24, 2.45) is 0 Å². The molecular formula is C15H15FN4O2. The lowest BCUT2D eigenvalue weighted by atomic mass is 10.1. The van der Waals surface area contributed by atoms with Crippen molar-refractivity contribution in [3.8, 4) is 0 Å². The van der Waals surface area contributed by atoms with Gasteiger partial charge in [-0.25, -0.2) is 9.07 Å². The second-order valence-electron chi connectivity index (χ2n) is 5.67. The van der Waals surface area contributed by atoms with E-state index in [9.17, 15) is 9.18 Å². The standard InChI is InChI=1S/C15H15FN4O2/c16-10-3-1-9(2-4-10)13-7-20-12(8-22-13)14(18-19-20)15(21)17-11-5-6-11/h1-4,11,13H,5-8H2,(H,17,21). The predicted molar refractivity (Wildman–Crippen MR) is 74.4 cm³/mol. The van der Waals surface area contributed by atoms with Gasteiger partial charge in [0.2, 0.25) is 0 Å². The Hall–Kier alpha value is -2.28. The Labute approximate surface area is 126 Å². The molecule has 1 N–H and O–H groups in total. The van der Waals surface area contributed by atoms with Crippen LogP contribution in [0.5, 0.6) is 0 Å². The SMILES string of the molecule is O=C(NC1CC1)c1nnn2c1COC(c1ccc(F)cc1)C2. The molecule has 0 radical (unpaired) electrons. The third-order valence-corrected chi connectivity index (χ3v) is 3.97. The first kappa shape index (κ1) is 13.4. The van der Waals surface area contributed by atoms with Gasteiger partial charge in [0.1, 0.15) is 11.9 Å². The monoisotopic (exact) mass is 302 g/mol. The van der Waals surface area contributed by atoms with E-state index in [-0.39, 0.29) is 30.5 Å². The van der Waals surface area contributed by atoms with E-state index in [0.29, 0.717) is 17.9 Å². The fourth-order valence-electron chi connectivity index (χ4n) is 2.55. The van der Waals surface area contributed by atoms with Gasteiger partial charge in [-0.1, -0.05) is 17.3 Å². The Morgan fingerprint density at radius 3 is 2.82 bits per heavy atom.